The molecule has 2 aromatic heterocycles. The van der Waals surface area contributed by atoms with Gasteiger partial charge in [-0.05, 0) is 32.8 Å². The number of hydrogen-bond donors (Lipinski definition) is 1. The molecule has 0 saturated heterocycles. The number of carbonyl (C=O) groups excluding carboxylic acids is 1. The third-order valence-electron chi connectivity index (χ3n) is 4.13. The van der Waals surface area contributed by atoms with E-state index in [0.29, 0.717) is 34.8 Å². The molecule has 1 N–H and O–H groups in total. The SMILES string of the molecule is CCN(CCC(=O)O)C(=O)c1cc(C2CC2)nc2onc(C)c12. The van der Waals surface area contributed by atoms with Gasteiger partial charge in [0.2, 0.25) is 0 Å². The quantitative estimate of drug-likeness (QED) is 0.878. The largest absolute Gasteiger partial charge is 0.481 e. The van der Waals surface area contributed by atoms with Crippen molar-refractivity contribution in [2.75, 3.05) is 13.1 Å². The van der Waals surface area contributed by atoms with Crippen LogP contribution in [0.15, 0.2) is 10.6 Å². The van der Waals surface area contributed by atoms with Crippen LogP contribution >= 0.6 is 0 Å². The molecule has 0 unspecified atom stereocenters. The highest BCUT2D eigenvalue weighted by molar-refractivity contribution is 6.06. The summed E-state index contributed by atoms with van der Waals surface area (Å²) in [6, 6.07) is 1.82. The van der Waals surface area contributed by atoms with Crippen molar-refractivity contribution in [3.8, 4) is 0 Å². The lowest BCUT2D eigenvalue weighted by Gasteiger charge is -2.20. The summed E-state index contributed by atoms with van der Waals surface area (Å²) in [6.07, 6.45) is 2.05. The molecule has 3 rings (SSSR count). The highest BCUT2D eigenvalue weighted by atomic mass is 16.5. The normalized spacial score (nSPS) is 14.2. The Labute approximate surface area is 133 Å². The Kier molecular flexibility index (Phi) is 4.02. The number of nitrogens with zero attached hydrogens (tertiary/aromatic N) is 3. The standard InChI is InChI=1S/C16H19N3O4/c1-3-19(7-6-13(20)21)16(22)11-8-12(10-4-5-10)17-15-14(11)9(2)18-23-15/h8,10H,3-7H2,1-2H3,(H,20,21). The second-order valence-electron chi connectivity index (χ2n) is 5.85. The van der Waals surface area contributed by atoms with E-state index in [1.807, 2.05) is 13.0 Å². The Morgan fingerprint density at radius 2 is 2.17 bits per heavy atom. The van der Waals surface area contributed by atoms with E-state index in [4.69, 9.17) is 9.63 Å². The number of fused-ring (bicyclic) bond motifs is 1. The monoisotopic (exact) mass is 317 g/mol. The van der Waals surface area contributed by atoms with Crippen LogP contribution in [0, 0.1) is 6.92 Å². The Bertz CT molecular complexity index is 764. The van der Waals surface area contributed by atoms with Crippen molar-refractivity contribution in [2.45, 2.75) is 39.0 Å². The van der Waals surface area contributed by atoms with Crippen LogP contribution in [0.2, 0.25) is 0 Å². The Hall–Kier alpha value is -2.44. The second-order valence-corrected chi connectivity index (χ2v) is 5.85. The fourth-order valence-electron chi connectivity index (χ4n) is 2.67. The van der Waals surface area contributed by atoms with Crippen molar-refractivity contribution < 1.29 is 19.2 Å². The molecule has 0 aliphatic heterocycles. The average Bonchev–Trinajstić information content (AvgIpc) is 3.31. The maximum atomic E-state index is 12.9. The van der Waals surface area contributed by atoms with Crippen molar-refractivity contribution in [3.63, 3.8) is 0 Å². The molecule has 0 aromatic carbocycles. The Balaban J connectivity index is 2.00. The van der Waals surface area contributed by atoms with Gasteiger partial charge in [0.1, 0.15) is 0 Å². The zero-order valence-corrected chi connectivity index (χ0v) is 13.2. The Morgan fingerprint density at radius 3 is 2.78 bits per heavy atom. The number of hydrogen-bond acceptors (Lipinski definition) is 5. The molecule has 0 bridgehead atoms. The number of carboxylic acids is 1. The van der Waals surface area contributed by atoms with Gasteiger partial charge in [-0.2, -0.15) is 0 Å². The number of aromatic nitrogens is 2. The highest BCUT2D eigenvalue weighted by Gasteiger charge is 2.29. The minimum Gasteiger partial charge on any atom is -0.481 e. The number of aliphatic carboxylic acids is 1. The van der Waals surface area contributed by atoms with E-state index >= 15 is 0 Å². The van der Waals surface area contributed by atoms with E-state index in [1.54, 1.807) is 6.92 Å². The predicted molar refractivity (Wildman–Crippen MR) is 82.3 cm³/mol. The number of pyridine rings is 1. The fourth-order valence-corrected chi connectivity index (χ4v) is 2.67. The number of carboxylic acid groups (broad SMARTS) is 1. The average molecular weight is 317 g/mol. The number of rotatable bonds is 6. The second kappa shape index (κ2) is 5.98. The van der Waals surface area contributed by atoms with Crippen molar-refractivity contribution >= 4 is 23.0 Å². The lowest BCUT2D eigenvalue weighted by Crippen LogP contribution is -2.33. The zero-order chi connectivity index (χ0) is 16.6. The maximum absolute atomic E-state index is 12.9. The molecule has 0 spiro atoms. The van der Waals surface area contributed by atoms with Gasteiger partial charge in [0.05, 0.1) is 23.1 Å². The summed E-state index contributed by atoms with van der Waals surface area (Å²) in [5.41, 5.74) is 2.35. The van der Waals surface area contributed by atoms with Crippen LogP contribution in [0.5, 0.6) is 0 Å². The fraction of sp³-hybridized carbons (Fsp3) is 0.500. The van der Waals surface area contributed by atoms with Gasteiger partial charge in [-0.25, -0.2) is 4.98 Å². The van der Waals surface area contributed by atoms with Gasteiger partial charge in [-0.1, -0.05) is 5.16 Å². The topological polar surface area (TPSA) is 96.5 Å². The van der Waals surface area contributed by atoms with Crippen LogP contribution in [-0.4, -0.2) is 45.1 Å². The molecule has 0 radical (unpaired) electrons. The van der Waals surface area contributed by atoms with Crippen LogP contribution in [-0.2, 0) is 4.79 Å². The van der Waals surface area contributed by atoms with Crippen LogP contribution in [0.3, 0.4) is 0 Å². The van der Waals surface area contributed by atoms with Crippen LogP contribution in [0.25, 0.3) is 11.1 Å². The molecule has 1 fully saturated rings. The van der Waals surface area contributed by atoms with Crippen molar-refractivity contribution in [1.82, 2.24) is 15.0 Å². The molecule has 7 nitrogen and oxygen atoms in total. The lowest BCUT2D eigenvalue weighted by molar-refractivity contribution is -0.137. The van der Waals surface area contributed by atoms with Crippen molar-refractivity contribution in [2.24, 2.45) is 0 Å². The van der Waals surface area contributed by atoms with Gasteiger partial charge in [0.25, 0.3) is 11.6 Å². The van der Waals surface area contributed by atoms with Crippen LogP contribution < -0.4 is 0 Å². The first-order valence-electron chi connectivity index (χ1n) is 7.79. The zero-order valence-electron chi connectivity index (χ0n) is 13.2. The molecule has 2 heterocycles. The predicted octanol–water partition coefficient (Wildman–Crippen LogP) is 2.35. The van der Waals surface area contributed by atoms with Crippen LogP contribution in [0.4, 0.5) is 0 Å². The van der Waals surface area contributed by atoms with E-state index in [-0.39, 0.29) is 18.9 Å². The summed E-state index contributed by atoms with van der Waals surface area (Å²) in [4.78, 5) is 29.7. The van der Waals surface area contributed by atoms with E-state index in [0.717, 1.165) is 18.5 Å². The molecular formula is C16H19N3O4. The molecule has 2 aromatic rings. The van der Waals surface area contributed by atoms with Gasteiger partial charge in [0, 0.05) is 24.7 Å². The lowest BCUT2D eigenvalue weighted by atomic mass is 10.1. The number of amides is 1. The molecule has 7 heteroatoms. The molecule has 1 amide bonds. The number of carbonyl (C=O) groups is 2. The van der Waals surface area contributed by atoms with Gasteiger partial charge in [-0.3, -0.25) is 9.59 Å². The summed E-state index contributed by atoms with van der Waals surface area (Å²) in [7, 11) is 0. The van der Waals surface area contributed by atoms with Crippen molar-refractivity contribution in [1.29, 1.82) is 0 Å². The van der Waals surface area contributed by atoms with Gasteiger partial charge >= 0.3 is 5.97 Å². The summed E-state index contributed by atoms with van der Waals surface area (Å²) in [5.74, 6) is -0.740. The minimum atomic E-state index is -0.920. The molecule has 23 heavy (non-hydrogen) atoms. The molecular weight excluding hydrogens is 298 g/mol. The first-order chi connectivity index (χ1) is 11.0. The van der Waals surface area contributed by atoms with Crippen LogP contribution in [0.1, 0.15) is 53.8 Å². The maximum Gasteiger partial charge on any atom is 0.305 e. The molecule has 1 aliphatic rings. The number of aryl methyl sites for hydroxylation is 1. The first kappa shape index (κ1) is 15.5. The molecule has 1 aliphatic carbocycles. The smallest absolute Gasteiger partial charge is 0.305 e. The van der Waals surface area contributed by atoms with E-state index in [1.165, 1.54) is 4.90 Å². The van der Waals surface area contributed by atoms with E-state index in [9.17, 15) is 9.59 Å². The Morgan fingerprint density at radius 1 is 1.43 bits per heavy atom. The third-order valence-corrected chi connectivity index (χ3v) is 4.13. The molecule has 122 valence electrons. The third kappa shape index (κ3) is 3.04. The molecule has 1 saturated carbocycles. The minimum absolute atomic E-state index is 0.0775. The van der Waals surface area contributed by atoms with E-state index in [2.05, 4.69) is 10.1 Å². The van der Waals surface area contributed by atoms with E-state index < -0.39 is 5.97 Å². The first-order valence-corrected chi connectivity index (χ1v) is 7.79. The van der Waals surface area contributed by atoms with Crippen molar-refractivity contribution in [3.05, 3.63) is 23.0 Å². The summed E-state index contributed by atoms with van der Waals surface area (Å²) < 4.78 is 5.24. The molecule has 0 atom stereocenters. The van der Waals surface area contributed by atoms with Gasteiger partial charge in [0.15, 0.2) is 0 Å². The van der Waals surface area contributed by atoms with Gasteiger partial charge in [-0.15, -0.1) is 0 Å². The highest BCUT2D eigenvalue weighted by Crippen LogP contribution is 2.40. The summed E-state index contributed by atoms with van der Waals surface area (Å²) >= 11 is 0. The summed E-state index contributed by atoms with van der Waals surface area (Å²) in [6.45, 7) is 4.23. The van der Waals surface area contributed by atoms with Gasteiger partial charge < -0.3 is 14.5 Å². The summed E-state index contributed by atoms with van der Waals surface area (Å²) in [5, 5.41) is 13.4.